The molecule has 0 saturated carbocycles. The molecule has 2 aromatic rings. The minimum Gasteiger partial charge on any atom is -0.529 e. The maximum atomic E-state index is 13.2. The number of cyclic esters (lactones) is 1. The van der Waals surface area contributed by atoms with Gasteiger partial charge in [-0.2, -0.15) is 13.2 Å². The smallest absolute Gasteiger partial charge is 0.446 e. The number of hydrogen-bond donors (Lipinski definition) is 0. The molecule has 0 bridgehead atoms. The van der Waals surface area contributed by atoms with Gasteiger partial charge in [-0.15, -0.1) is 0 Å². The van der Waals surface area contributed by atoms with Crippen molar-refractivity contribution in [1.29, 1.82) is 0 Å². The van der Waals surface area contributed by atoms with E-state index in [9.17, 15) is 32.3 Å². The molecule has 28 heavy (non-hydrogen) atoms. The molecule has 0 radical (unpaired) electrons. The topological polar surface area (TPSA) is 69.7 Å². The molecule has 0 aromatic heterocycles. The molecule has 1 fully saturated rings. The van der Waals surface area contributed by atoms with Crippen molar-refractivity contribution in [3.05, 3.63) is 65.5 Å². The molecule has 0 aliphatic carbocycles. The fourth-order valence-electron chi connectivity index (χ4n) is 2.98. The van der Waals surface area contributed by atoms with Crippen LogP contribution in [0.5, 0.6) is 0 Å². The average Bonchev–Trinajstić information content (AvgIpc) is 2.90. The Labute approximate surface area is 160 Å². The van der Waals surface area contributed by atoms with E-state index in [2.05, 4.69) is 0 Å². The first kappa shape index (κ1) is 20.0. The first-order valence-electron chi connectivity index (χ1n) is 7.95. The van der Waals surface area contributed by atoms with Crippen LogP contribution in [0.3, 0.4) is 0 Å². The lowest BCUT2D eigenvalue weighted by Gasteiger charge is -2.25. The van der Waals surface area contributed by atoms with Crippen LogP contribution >= 0.6 is 11.8 Å². The summed E-state index contributed by atoms with van der Waals surface area (Å²) in [4.78, 5) is 23.7. The van der Waals surface area contributed by atoms with Gasteiger partial charge in [0, 0.05) is 4.90 Å². The third kappa shape index (κ3) is 4.56. The summed E-state index contributed by atoms with van der Waals surface area (Å²) < 4.78 is 56.0. The summed E-state index contributed by atoms with van der Waals surface area (Å²) in [5.41, 5.74) is -3.75. The molecular formula is C18H12F4NO4S-. The predicted octanol–water partition coefficient (Wildman–Crippen LogP) is 3.89. The van der Waals surface area contributed by atoms with Gasteiger partial charge in [-0.25, -0.2) is 9.18 Å². The number of carbonyl (C=O) groups excluding carboxylic acids is 2. The number of hydrogen-bond acceptors (Lipinski definition) is 5. The number of thioether (sulfide) groups is 1. The molecule has 5 nitrogen and oxygen atoms in total. The van der Waals surface area contributed by atoms with E-state index < -0.39 is 35.7 Å². The molecule has 1 aliphatic rings. The Kier molecular flexibility index (Phi) is 5.50. The van der Waals surface area contributed by atoms with Crippen molar-refractivity contribution in [2.75, 3.05) is 0 Å². The van der Waals surface area contributed by atoms with Gasteiger partial charge in [-0.3, -0.25) is 4.90 Å². The zero-order valence-electron chi connectivity index (χ0n) is 14.0. The Morgan fingerprint density at radius 3 is 2.46 bits per heavy atom. The SMILES string of the molecule is O=C([O-])N1C(=O)OC(c2ccc(F)cc2)C1Cc1cccc(SC(F)(F)F)c1. The lowest BCUT2D eigenvalue weighted by Crippen LogP contribution is -2.47. The van der Waals surface area contributed by atoms with Crippen LogP contribution in [0, 0.1) is 5.82 Å². The highest BCUT2D eigenvalue weighted by atomic mass is 32.2. The van der Waals surface area contributed by atoms with Gasteiger partial charge in [0.1, 0.15) is 18.0 Å². The largest absolute Gasteiger partial charge is 0.529 e. The number of carbonyl (C=O) groups is 2. The molecule has 1 heterocycles. The second-order valence-electron chi connectivity index (χ2n) is 5.96. The molecule has 0 N–H and O–H groups in total. The van der Waals surface area contributed by atoms with Crippen molar-refractivity contribution >= 4 is 23.9 Å². The highest BCUT2D eigenvalue weighted by Gasteiger charge is 2.43. The normalized spacial score (nSPS) is 19.6. The van der Waals surface area contributed by atoms with Gasteiger partial charge in [-0.05, 0) is 53.6 Å². The van der Waals surface area contributed by atoms with Gasteiger partial charge >= 0.3 is 11.6 Å². The molecule has 1 saturated heterocycles. The first-order valence-corrected chi connectivity index (χ1v) is 8.76. The maximum Gasteiger partial charge on any atom is 0.446 e. The Hall–Kier alpha value is -2.75. The molecule has 0 spiro atoms. The van der Waals surface area contributed by atoms with Crippen LogP contribution in [0.15, 0.2) is 53.4 Å². The van der Waals surface area contributed by atoms with Crippen molar-refractivity contribution in [3.63, 3.8) is 0 Å². The number of halogens is 4. The molecule has 2 amide bonds. The monoisotopic (exact) mass is 414 g/mol. The maximum absolute atomic E-state index is 13.2. The summed E-state index contributed by atoms with van der Waals surface area (Å²) >= 11 is -0.303. The summed E-state index contributed by atoms with van der Waals surface area (Å²) in [6.07, 6.45) is -4.10. The van der Waals surface area contributed by atoms with Crippen molar-refractivity contribution in [1.82, 2.24) is 4.90 Å². The zero-order chi connectivity index (χ0) is 20.5. The van der Waals surface area contributed by atoms with E-state index in [1.807, 2.05) is 0 Å². The first-order chi connectivity index (χ1) is 13.1. The second kappa shape index (κ2) is 7.70. The van der Waals surface area contributed by atoms with E-state index in [0.717, 1.165) is 12.1 Å². The number of ether oxygens (including phenoxy) is 1. The van der Waals surface area contributed by atoms with E-state index in [1.54, 1.807) is 0 Å². The second-order valence-corrected chi connectivity index (χ2v) is 7.10. The Morgan fingerprint density at radius 2 is 1.86 bits per heavy atom. The highest BCUT2D eigenvalue weighted by molar-refractivity contribution is 8.00. The molecule has 1 aliphatic heterocycles. The standard InChI is InChI=1S/C18H13F4NO4S/c19-12-6-4-11(5-7-12)15-14(23(16(24)25)17(26)27-15)9-10-2-1-3-13(8-10)28-18(20,21)22/h1-8,14-15H,9H2,(H,24,25)/p-1. The van der Waals surface area contributed by atoms with Gasteiger partial charge in [0.15, 0.2) is 0 Å². The van der Waals surface area contributed by atoms with Crippen LogP contribution in [-0.2, 0) is 11.2 Å². The number of carboxylic acid groups (broad SMARTS) is 1. The van der Waals surface area contributed by atoms with Gasteiger partial charge < -0.3 is 14.6 Å². The third-order valence-corrected chi connectivity index (χ3v) is 4.80. The average molecular weight is 414 g/mol. The van der Waals surface area contributed by atoms with Gasteiger partial charge in [0.05, 0.1) is 6.04 Å². The third-order valence-electron chi connectivity index (χ3n) is 4.08. The highest BCUT2D eigenvalue weighted by Crippen LogP contribution is 2.38. The van der Waals surface area contributed by atoms with E-state index >= 15 is 0 Å². The molecule has 148 valence electrons. The van der Waals surface area contributed by atoms with Crippen molar-refractivity contribution in [2.45, 2.75) is 29.0 Å². The summed E-state index contributed by atoms with van der Waals surface area (Å²) in [5, 5.41) is 11.4. The lowest BCUT2D eigenvalue weighted by atomic mass is 9.96. The van der Waals surface area contributed by atoms with E-state index in [1.165, 1.54) is 36.4 Å². The molecule has 3 rings (SSSR count). The van der Waals surface area contributed by atoms with Crippen LogP contribution < -0.4 is 5.11 Å². The number of amides is 2. The summed E-state index contributed by atoms with van der Waals surface area (Å²) in [6.45, 7) is 0. The van der Waals surface area contributed by atoms with Crippen molar-refractivity contribution in [3.8, 4) is 0 Å². The lowest BCUT2D eigenvalue weighted by molar-refractivity contribution is -0.262. The molecule has 2 unspecified atom stereocenters. The predicted molar refractivity (Wildman–Crippen MR) is 88.7 cm³/mol. The number of rotatable bonds is 4. The van der Waals surface area contributed by atoms with Crippen molar-refractivity contribution < 1.29 is 37.0 Å². The van der Waals surface area contributed by atoms with Gasteiger partial charge in [0.2, 0.25) is 0 Å². The quantitative estimate of drug-likeness (QED) is 0.561. The number of imide groups is 1. The zero-order valence-corrected chi connectivity index (χ0v) is 14.8. The van der Waals surface area contributed by atoms with E-state index in [0.29, 0.717) is 16.0 Å². The minimum absolute atomic E-state index is 0.0754. The minimum atomic E-state index is -4.47. The summed E-state index contributed by atoms with van der Waals surface area (Å²) in [6, 6.07) is 9.31. The Bertz CT molecular complexity index is 888. The van der Waals surface area contributed by atoms with Crippen LogP contribution in [0.25, 0.3) is 0 Å². The van der Waals surface area contributed by atoms with Crippen LogP contribution in [0.4, 0.5) is 27.2 Å². The molecular weight excluding hydrogens is 402 g/mol. The molecule has 10 heteroatoms. The van der Waals surface area contributed by atoms with Gasteiger partial charge in [-0.1, -0.05) is 24.3 Å². The number of nitrogens with zero attached hydrogens (tertiary/aromatic N) is 1. The molecule has 2 aromatic carbocycles. The fraction of sp³-hybridized carbons (Fsp3) is 0.222. The van der Waals surface area contributed by atoms with Crippen molar-refractivity contribution in [2.24, 2.45) is 0 Å². The Morgan fingerprint density at radius 1 is 1.18 bits per heavy atom. The van der Waals surface area contributed by atoms with Crippen LogP contribution in [-0.4, -0.2) is 28.6 Å². The van der Waals surface area contributed by atoms with Crippen LogP contribution in [0.2, 0.25) is 0 Å². The van der Waals surface area contributed by atoms with E-state index in [-0.39, 0.29) is 23.1 Å². The fourth-order valence-corrected chi connectivity index (χ4v) is 3.60. The summed E-state index contributed by atoms with van der Waals surface area (Å²) in [7, 11) is 0. The molecule has 2 atom stereocenters. The number of alkyl halides is 3. The summed E-state index contributed by atoms with van der Waals surface area (Å²) in [5.74, 6) is -0.529. The van der Waals surface area contributed by atoms with E-state index in [4.69, 9.17) is 4.74 Å². The van der Waals surface area contributed by atoms with Crippen LogP contribution in [0.1, 0.15) is 17.2 Å². The Balaban J connectivity index is 1.91. The number of benzene rings is 2. The van der Waals surface area contributed by atoms with Gasteiger partial charge in [0.25, 0.3) is 0 Å².